The van der Waals surface area contributed by atoms with E-state index in [-0.39, 0.29) is 30.7 Å². The van der Waals surface area contributed by atoms with Crippen molar-refractivity contribution in [2.45, 2.75) is 96.1 Å². The number of amides is 4. The summed E-state index contributed by atoms with van der Waals surface area (Å²) in [5, 5.41) is 7.26. The highest BCUT2D eigenvalue weighted by Crippen LogP contribution is 2.45. The molecule has 12 nitrogen and oxygen atoms in total. The summed E-state index contributed by atoms with van der Waals surface area (Å²) in [7, 11) is 1.57. The average molecular weight is 650 g/mol. The molecule has 0 unspecified atom stereocenters. The smallest absolute Gasteiger partial charge is 0.408 e. The van der Waals surface area contributed by atoms with Crippen LogP contribution in [0.3, 0.4) is 0 Å². The minimum absolute atomic E-state index is 0.0562. The molecule has 1 saturated heterocycles. The SMILES string of the molecule is COc1cnc(O[C@@H]2C[C@H]3C(=O)N[C@]4(C(N)=O)C[C@H]4/C=C\CC[C@H](C)C[C@@H](C)[C@H](NC(=O)OC(C)(C)C)C(=O)N3C2)c2ccccc12. The van der Waals surface area contributed by atoms with Crippen molar-refractivity contribution in [3.8, 4) is 11.6 Å². The number of allylic oxidation sites excluding steroid dienone is 1. The first-order chi connectivity index (χ1) is 22.2. The molecule has 12 heteroatoms. The van der Waals surface area contributed by atoms with Gasteiger partial charge in [0.05, 0.1) is 19.9 Å². The molecule has 1 aromatic carbocycles. The van der Waals surface area contributed by atoms with Crippen LogP contribution in [0.25, 0.3) is 10.8 Å². The van der Waals surface area contributed by atoms with E-state index in [1.54, 1.807) is 34.1 Å². The van der Waals surface area contributed by atoms with Crippen LogP contribution in [-0.4, -0.2) is 76.7 Å². The summed E-state index contributed by atoms with van der Waals surface area (Å²) in [4.78, 5) is 60.2. The van der Waals surface area contributed by atoms with Gasteiger partial charge in [-0.05, 0) is 64.4 Å². The summed E-state index contributed by atoms with van der Waals surface area (Å²) in [6, 6.07) is 5.56. The zero-order valence-corrected chi connectivity index (χ0v) is 28.1. The van der Waals surface area contributed by atoms with Crippen molar-refractivity contribution < 1.29 is 33.4 Å². The van der Waals surface area contributed by atoms with Gasteiger partial charge in [0.25, 0.3) is 0 Å². The van der Waals surface area contributed by atoms with Crippen LogP contribution in [0.2, 0.25) is 0 Å². The number of aromatic nitrogens is 1. The van der Waals surface area contributed by atoms with E-state index in [0.717, 1.165) is 23.6 Å². The number of ether oxygens (including phenoxy) is 3. The van der Waals surface area contributed by atoms with Crippen molar-refractivity contribution in [3.63, 3.8) is 0 Å². The molecule has 2 aliphatic heterocycles. The predicted octanol–water partition coefficient (Wildman–Crippen LogP) is 3.86. The van der Waals surface area contributed by atoms with Crippen LogP contribution in [0.1, 0.15) is 66.7 Å². The fourth-order valence-corrected chi connectivity index (χ4v) is 6.83. The Hall–Kier alpha value is -4.35. The molecule has 2 fully saturated rings. The maximum atomic E-state index is 14.5. The third-order valence-electron chi connectivity index (χ3n) is 9.35. The number of hydrogen-bond donors (Lipinski definition) is 3. The second kappa shape index (κ2) is 13.4. The molecule has 0 spiro atoms. The van der Waals surface area contributed by atoms with Crippen LogP contribution < -0.4 is 25.8 Å². The topological polar surface area (TPSA) is 162 Å². The first kappa shape index (κ1) is 34.0. The molecule has 1 saturated carbocycles. The lowest BCUT2D eigenvalue weighted by molar-refractivity contribution is -0.142. The quantitative estimate of drug-likeness (QED) is 0.412. The van der Waals surface area contributed by atoms with E-state index in [1.807, 2.05) is 43.3 Å². The molecule has 4 amide bonds. The minimum atomic E-state index is -1.22. The summed E-state index contributed by atoms with van der Waals surface area (Å²) < 4.78 is 17.4. The van der Waals surface area contributed by atoms with E-state index in [0.29, 0.717) is 24.5 Å². The number of rotatable bonds is 5. The van der Waals surface area contributed by atoms with Crippen molar-refractivity contribution in [2.24, 2.45) is 23.5 Å². The normalized spacial score (nSPS) is 30.6. The zero-order valence-electron chi connectivity index (χ0n) is 28.1. The Kier molecular flexibility index (Phi) is 9.70. The van der Waals surface area contributed by atoms with Gasteiger partial charge in [-0.15, -0.1) is 0 Å². The maximum absolute atomic E-state index is 14.5. The summed E-state index contributed by atoms with van der Waals surface area (Å²) >= 11 is 0. The number of alkyl carbamates (subject to hydrolysis) is 1. The number of benzene rings is 1. The lowest BCUT2D eigenvalue weighted by Crippen LogP contribution is -2.58. The Morgan fingerprint density at radius 3 is 2.53 bits per heavy atom. The number of carbonyl (C=O) groups is 4. The predicted molar refractivity (Wildman–Crippen MR) is 175 cm³/mol. The number of methoxy groups -OCH3 is 1. The van der Waals surface area contributed by atoms with Gasteiger partial charge in [-0.25, -0.2) is 9.78 Å². The standard InChI is InChI=1S/C35H47N5O7/c1-20-11-7-8-12-22-17-35(22,32(36)43)39-29(41)26-16-23(46-30-25-14-10-9-13-24(25)27(45-6)18-37-30)19-40(26)31(42)28(21(2)15-20)38-33(44)47-34(3,4)5/h8-10,12-14,18,20-23,26,28H,7,11,15-17,19H2,1-6H3,(H2,36,43)(H,38,44)(H,39,41)/b12-8-/t20-,21+,22+,23+,26-,28-,35+/m0/s1. The van der Waals surface area contributed by atoms with Gasteiger partial charge in [-0.2, -0.15) is 0 Å². The van der Waals surface area contributed by atoms with Crippen LogP contribution in [0.4, 0.5) is 4.79 Å². The Morgan fingerprint density at radius 2 is 1.85 bits per heavy atom. The molecule has 7 atom stereocenters. The lowest BCUT2D eigenvalue weighted by Gasteiger charge is -2.33. The van der Waals surface area contributed by atoms with Gasteiger partial charge in [0.15, 0.2) is 0 Å². The van der Waals surface area contributed by atoms with Gasteiger partial charge in [0.2, 0.25) is 23.6 Å². The highest BCUT2D eigenvalue weighted by Gasteiger charge is 2.60. The molecule has 0 bridgehead atoms. The van der Waals surface area contributed by atoms with Gasteiger partial charge in [-0.1, -0.05) is 44.2 Å². The number of nitrogens with one attached hydrogen (secondary N) is 2. The molecule has 4 N–H and O–H groups in total. The third kappa shape index (κ3) is 7.47. The number of carbonyl (C=O) groups excluding carboxylic acids is 4. The van der Waals surface area contributed by atoms with E-state index >= 15 is 0 Å². The van der Waals surface area contributed by atoms with Crippen molar-refractivity contribution in [1.29, 1.82) is 0 Å². The van der Waals surface area contributed by atoms with Gasteiger partial charge >= 0.3 is 6.09 Å². The average Bonchev–Trinajstić information content (AvgIpc) is 3.54. The van der Waals surface area contributed by atoms with Crippen LogP contribution in [0.5, 0.6) is 11.6 Å². The molecule has 47 heavy (non-hydrogen) atoms. The van der Waals surface area contributed by atoms with E-state index in [1.165, 1.54) is 4.90 Å². The maximum Gasteiger partial charge on any atom is 0.408 e. The second-order valence-corrected chi connectivity index (χ2v) is 14.2. The Bertz CT molecular complexity index is 1550. The van der Waals surface area contributed by atoms with Gasteiger partial charge in [-0.3, -0.25) is 14.4 Å². The summed E-state index contributed by atoms with van der Waals surface area (Å²) in [5.41, 5.74) is 3.84. The highest BCUT2D eigenvalue weighted by atomic mass is 16.6. The van der Waals surface area contributed by atoms with Crippen molar-refractivity contribution in [2.75, 3.05) is 13.7 Å². The number of primary amides is 1. The Balaban J connectivity index is 1.49. The number of nitrogens with two attached hydrogens (primary N) is 1. The van der Waals surface area contributed by atoms with E-state index < -0.39 is 53.1 Å². The van der Waals surface area contributed by atoms with Gasteiger partial charge in [0.1, 0.15) is 35.1 Å². The summed E-state index contributed by atoms with van der Waals surface area (Å²) in [6.07, 6.45) is 7.03. The van der Waals surface area contributed by atoms with Crippen LogP contribution in [-0.2, 0) is 19.1 Å². The molecular formula is C35H47N5O7. The minimum Gasteiger partial charge on any atom is -0.494 e. The molecule has 2 aromatic rings. The molecule has 1 aromatic heterocycles. The monoisotopic (exact) mass is 649 g/mol. The van der Waals surface area contributed by atoms with E-state index in [2.05, 4.69) is 22.5 Å². The van der Waals surface area contributed by atoms with Crippen LogP contribution in [0, 0.1) is 17.8 Å². The third-order valence-corrected chi connectivity index (χ3v) is 9.35. The first-order valence-electron chi connectivity index (χ1n) is 16.4. The van der Waals surface area contributed by atoms with E-state index in [4.69, 9.17) is 19.9 Å². The molecule has 1 aliphatic carbocycles. The number of pyridine rings is 1. The first-order valence-corrected chi connectivity index (χ1v) is 16.4. The van der Waals surface area contributed by atoms with E-state index in [9.17, 15) is 19.2 Å². The van der Waals surface area contributed by atoms with Gasteiger partial charge in [0, 0.05) is 23.1 Å². The summed E-state index contributed by atoms with van der Waals surface area (Å²) in [6.45, 7) is 9.35. The molecule has 0 radical (unpaired) electrons. The number of nitrogens with zero attached hydrogens (tertiary/aromatic N) is 2. The van der Waals surface area contributed by atoms with Crippen molar-refractivity contribution >= 4 is 34.6 Å². The van der Waals surface area contributed by atoms with Crippen molar-refractivity contribution in [3.05, 3.63) is 42.6 Å². The fraction of sp³-hybridized carbons (Fsp3) is 0.571. The molecule has 3 heterocycles. The molecule has 254 valence electrons. The Labute approximate surface area is 275 Å². The highest BCUT2D eigenvalue weighted by molar-refractivity contribution is 5.98. The summed E-state index contributed by atoms with van der Waals surface area (Å²) in [5.74, 6) is -0.887. The largest absolute Gasteiger partial charge is 0.494 e. The van der Waals surface area contributed by atoms with Crippen molar-refractivity contribution in [1.82, 2.24) is 20.5 Å². The second-order valence-electron chi connectivity index (χ2n) is 14.2. The molecular weight excluding hydrogens is 602 g/mol. The molecule has 3 aliphatic rings. The number of fused-ring (bicyclic) bond motifs is 3. The fourth-order valence-electron chi connectivity index (χ4n) is 6.83. The van der Waals surface area contributed by atoms with Crippen LogP contribution in [0.15, 0.2) is 42.6 Å². The van der Waals surface area contributed by atoms with Crippen LogP contribution >= 0.6 is 0 Å². The lowest BCUT2D eigenvalue weighted by atomic mass is 9.88. The zero-order chi connectivity index (χ0) is 34.1. The van der Waals surface area contributed by atoms with Gasteiger partial charge < -0.3 is 35.5 Å². The number of hydrogen-bond acceptors (Lipinski definition) is 8. The Morgan fingerprint density at radius 1 is 1.13 bits per heavy atom. The molecule has 5 rings (SSSR count).